The lowest BCUT2D eigenvalue weighted by molar-refractivity contribution is 0.247. The van der Waals surface area contributed by atoms with Gasteiger partial charge in [0.1, 0.15) is 35.4 Å². The fourth-order valence-corrected chi connectivity index (χ4v) is 1.73. The fourth-order valence-electron chi connectivity index (χ4n) is 1.73. The molecule has 3 heterocycles. The van der Waals surface area contributed by atoms with Crippen molar-refractivity contribution in [2.45, 2.75) is 33.8 Å². The standard InChI is InChI=1S/C11H12O2.C5H6O2.C2H6O/c1-8-3-5-10(12-8)7-11-6-4-9(2)13-11;6-4-5-2-1-3-7-5;1-2-3/h3-6H,7H2,1-2H3;1-3,6H,4H2;3H,2H2,1H3. The van der Waals surface area contributed by atoms with E-state index in [9.17, 15) is 0 Å². The van der Waals surface area contributed by atoms with Crippen LogP contribution in [-0.4, -0.2) is 16.8 Å². The Hall–Kier alpha value is -2.24. The van der Waals surface area contributed by atoms with Crippen LogP contribution in [0.3, 0.4) is 0 Å². The van der Waals surface area contributed by atoms with Gasteiger partial charge in [0.2, 0.25) is 0 Å². The summed E-state index contributed by atoms with van der Waals surface area (Å²) in [5.41, 5.74) is 0. The molecule has 0 aliphatic carbocycles. The Labute approximate surface area is 136 Å². The smallest absolute Gasteiger partial charge is 0.129 e. The number of hydrogen-bond donors (Lipinski definition) is 2. The first-order chi connectivity index (χ1) is 11.1. The number of rotatable bonds is 3. The van der Waals surface area contributed by atoms with Crippen LogP contribution in [0.2, 0.25) is 0 Å². The van der Waals surface area contributed by atoms with Gasteiger partial charge in [-0.1, -0.05) is 0 Å². The van der Waals surface area contributed by atoms with Crippen molar-refractivity contribution in [1.29, 1.82) is 0 Å². The second-order valence-electron chi connectivity index (χ2n) is 4.76. The van der Waals surface area contributed by atoms with Crippen molar-refractivity contribution in [2.75, 3.05) is 6.61 Å². The van der Waals surface area contributed by atoms with Crippen molar-refractivity contribution in [2.24, 2.45) is 0 Å². The Bertz CT molecular complexity index is 596. The maximum atomic E-state index is 8.33. The number of aliphatic hydroxyl groups is 2. The van der Waals surface area contributed by atoms with Crippen molar-refractivity contribution >= 4 is 0 Å². The van der Waals surface area contributed by atoms with E-state index >= 15 is 0 Å². The molecule has 0 atom stereocenters. The Morgan fingerprint density at radius 3 is 1.61 bits per heavy atom. The number of furan rings is 3. The molecule has 23 heavy (non-hydrogen) atoms. The van der Waals surface area contributed by atoms with E-state index in [1.54, 1.807) is 19.1 Å². The number of hydrogen-bond acceptors (Lipinski definition) is 5. The van der Waals surface area contributed by atoms with Crippen LogP contribution in [0.1, 0.15) is 35.7 Å². The molecule has 3 rings (SSSR count). The second-order valence-corrected chi connectivity index (χ2v) is 4.76. The first-order valence-electron chi connectivity index (χ1n) is 7.43. The Balaban J connectivity index is 0.000000223. The molecule has 3 aromatic rings. The van der Waals surface area contributed by atoms with Crippen LogP contribution in [0.4, 0.5) is 0 Å². The molecule has 2 N–H and O–H groups in total. The molecule has 0 aliphatic rings. The van der Waals surface area contributed by atoms with Gasteiger partial charge in [-0.15, -0.1) is 0 Å². The van der Waals surface area contributed by atoms with Crippen LogP contribution in [0.25, 0.3) is 0 Å². The molecular weight excluding hydrogens is 296 g/mol. The van der Waals surface area contributed by atoms with E-state index in [0.29, 0.717) is 5.76 Å². The van der Waals surface area contributed by atoms with Crippen LogP contribution in [0.15, 0.2) is 55.9 Å². The highest BCUT2D eigenvalue weighted by Crippen LogP contribution is 2.14. The van der Waals surface area contributed by atoms with Gasteiger partial charge in [-0.05, 0) is 57.2 Å². The van der Waals surface area contributed by atoms with Crippen LogP contribution in [0.5, 0.6) is 0 Å². The summed E-state index contributed by atoms with van der Waals surface area (Å²) in [7, 11) is 0. The molecule has 0 aromatic carbocycles. The summed E-state index contributed by atoms with van der Waals surface area (Å²) in [5, 5.41) is 15.9. The molecule has 126 valence electrons. The van der Waals surface area contributed by atoms with Crippen molar-refractivity contribution in [3.05, 3.63) is 71.5 Å². The lowest BCUT2D eigenvalue weighted by Crippen LogP contribution is -1.80. The minimum Gasteiger partial charge on any atom is -0.467 e. The minimum absolute atomic E-state index is 0.00694. The lowest BCUT2D eigenvalue weighted by atomic mass is 10.3. The summed E-state index contributed by atoms with van der Waals surface area (Å²) in [6.45, 7) is 5.81. The van der Waals surface area contributed by atoms with Gasteiger partial charge in [0.25, 0.3) is 0 Å². The molecule has 0 spiro atoms. The molecule has 0 bridgehead atoms. The van der Waals surface area contributed by atoms with E-state index in [1.807, 2.05) is 38.1 Å². The predicted octanol–water partition coefficient (Wildman–Crippen LogP) is 3.85. The third-order valence-electron chi connectivity index (χ3n) is 2.68. The molecule has 0 radical (unpaired) electrons. The molecule has 3 aromatic heterocycles. The topological polar surface area (TPSA) is 79.9 Å². The van der Waals surface area contributed by atoms with Crippen LogP contribution < -0.4 is 0 Å². The highest BCUT2D eigenvalue weighted by atomic mass is 16.4. The number of aliphatic hydroxyl groups excluding tert-OH is 2. The van der Waals surface area contributed by atoms with Gasteiger partial charge in [-0.3, -0.25) is 0 Å². The molecule has 5 heteroatoms. The molecule has 5 nitrogen and oxygen atoms in total. The highest BCUT2D eigenvalue weighted by Gasteiger charge is 2.03. The SMILES string of the molecule is CCO.Cc1ccc(Cc2ccc(C)o2)o1.OCc1ccco1. The summed E-state index contributed by atoms with van der Waals surface area (Å²) in [5.74, 6) is 4.40. The van der Waals surface area contributed by atoms with E-state index in [0.717, 1.165) is 29.5 Å². The number of aryl methyl sites for hydroxylation is 2. The predicted molar refractivity (Wildman–Crippen MR) is 87.1 cm³/mol. The third kappa shape index (κ3) is 7.54. The molecule has 0 saturated carbocycles. The zero-order valence-corrected chi connectivity index (χ0v) is 13.8. The molecule has 0 fully saturated rings. The zero-order valence-electron chi connectivity index (χ0n) is 13.8. The van der Waals surface area contributed by atoms with Gasteiger partial charge in [0, 0.05) is 6.61 Å². The van der Waals surface area contributed by atoms with Gasteiger partial charge in [0.15, 0.2) is 0 Å². The van der Waals surface area contributed by atoms with Crippen molar-refractivity contribution in [3.63, 3.8) is 0 Å². The first-order valence-corrected chi connectivity index (χ1v) is 7.43. The minimum atomic E-state index is -0.00694. The molecular formula is C18H24O5. The zero-order chi connectivity index (χ0) is 17.1. The Morgan fingerprint density at radius 1 is 0.826 bits per heavy atom. The Kier molecular flexibility index (Phi) is 8.57. The lowest BCUT2D eigenvalue weighted by Gasteiger charge is -1.91. The maximum Gasteiger partial charge on any atom is 0.129 e. The summed E-state index contributed by atoms with van der Waals surface area (Å²) in [6, 6.07) is 11.3. The monoisotopic (exact) mass is 320 g/mol. The first kappa shape index (κ1) is 18.8. The van der Waals surface area contributed by atoms with E-state index in [1.165, 1.54) is 6.26 Å². The average Bonchev–Trinajstić information content (AvgIpc) is 3.24. The highest BCUT2D eigenvalue weighted by molar-refractivity contribution is 5.14. The molecule has 0 amide bonds. The van der Waals surface area contributed by atoms with E-state index in [2.05, 4.69) is 0 Å². The van der Waals surface area contributed by atoms with E-state index in [-0.39, 0.29) is 13.2 Å². The summed E-state index contributed by atoms with van der Waals surface area (Å²) < 4.78 is 15.6. The third-order valence-corrected chi connectivity index (χ3v) is 2.68. The van der Waals surface area contributed by atoms with Gasteiger partial charge in [-0.2, -0.15) is 0 Å². The van der Waals surface area contributed by atoms with Crippen molar-refractivity contribution in [3.8, 4) is 0 Å². The van der Waals surface area contributed by atoms with E-state index < -0.39 is 0 Å². The van der Waals surface area contributed by atoms with Crippen LogP contribution >= 0.6 is 0 Å². The van der Waals surface area contributed by atoms with E-state index in [4.69, 9.17) is 23.5 Å². The van der Waals surface area contributed by atoms with Gasteiger partial charge < -0.3 is 23.5 Å². The Morgan fingerprint density at radius 2 is 1.35 bits per heavy atom. The average molecular weight is 320 g/mol. The summed E-state index contributed by atoms with van der Waals surface area (Å²) in [6.07, 6.45) is 2.27. The van der Waals surface area contributed by atoms with Gasteiger partial charge >= 0.3 is 0 Å². The molecule has 0 aliphatic heterocycles. The quantitative estimate of drug-likeness (QED) is 0.766. The maximum absolute atomic E-state index is 8.33. The van der Waals surface area contributed by atoms with Gasteiger partial charge in [0.05, 0.1) is 12.7 Å². The molecule has 0 saturated heterocycles. The second kappa shape index (κ2) is 10.5. The van der Waals surface area contributed by atoms with Crippen LogP contribution in [0, 0.1) is 13.8 Å². The normalized spacial score (nSPS) is 9.61. The van der Waals surface area contributed by atoms with Crippen molar-refractivity contribution < 1.29 is 23.5 Å². The van der Waals surface area contributed by atoms with Crippen LogP contribution in [-0.2, 0) is 13.0 Å². The van der Waals surface area contributed by atoms with Crippen molar-refractivity contribution in [1.82, 2.24) is 0 Å². The summed E-state index contributed by atoms with van der Waals surface area (Å²) in [4.78, 5) is 0. The van der Waals surface area contributed by atoms with Gasteiger partial charge in [-0.25, -0.2) is 0 Å². The fraction of sp³-hybridized carbons (Fsp3) is 0.333. The largest absolute Gasteiger partial charge is 0.467 e. The molecule has 0 unspecified atom stereocenters. The summed E-state index contributed by atoms with van der Waals surface area (Å²) >= 11 is 0.